The van der Waals surface area contributed by atoms with Crippen LogP contribution < -0.4 is 4.74 Å². The van der Waals surface area contributed by atoms with E-state index in [1.807, 2.05) is 48.2 Å². The zero-order valence-corrected chi connectivity index (χ0v) is 22.6. The smallest absolute Gasteiger partial charge is 0.254 e. The highest BCUT2D eigenvalue weighted by Gasteiger charge is 2.34. The van der Waals surface area contributed by atoms with Crippen LogP contribution >= 0.6 is 22.9 Å². The lowest BCUT2D eigenvalue weighted by Crippen LogP contribution is -2.48. The zero-order valence-electron chi connectivity index (χ0n) is 21.1. The van der Waals surface area contributed by atoms with Crippen molar-refractivity contribution in [1.82, 2.24) is 9.80 Å². The maximum atomic E-state index is 13.7. The number of hydrogen-bond acceptors (Lipinski definition) is 4. The van der Waals surface area contributed by atoms with E-state index in [4.69, 9.17) is 16.3 Å². The number of thiophene rings is 1. The molecule has 1 aliphatic heterocycles. The Morgan fingerprint density at radius 1 is 1.19 bits per heavy atom. The average Bonchev–Trinajstić information content (AvgIpc) is 3.38. The Morgan fingerprint density at radius 2 is 1.97 bits per heavy atom. The highest BCUT2D eigenvalue weighted by Crippen LogP contribution is 2.34. The number of benzene rings is 2. The first-order valence-corrected chi connectivity index (χ1v) is 13.7. The van der Waals surface area contributed by atoms with E-state index in [-0.39, 0.29) is 24.4 Å². The van der Waals surface area contributed by atoms with Gasteiger partial charge < -0.3 is 14.5 Å². The largest absolute Gasteiger partial charge is 0.491 e. The van der Waals surface area contributed by atoms with E-state index in [2.05, 4.69) is 25.3 Å². The molecule has 5 nitrogen and oxygen atoms in total. The van der Waals surface area contributed by atoms with Gasteiger partial charge in [-0.3, -0.25) is 9.59 Å². The Balaban J connectivity index is 1.54. The first-order chi connectivity index (χ1) is 17.4. The minimum atomic E-state index is -0.208. The molecule has 0 unspecified atom stereocenters. The summed E-state index contributed by atoms with van der Waals surface area (Å²) in [5.74, 6) is 0.856. The van der Waals surface area contributed by atoms with E-state index in [0.29, 0.717) is 36.2 Å². The first kappa shape index (κ1) is 26.2. The second-order valence-electron chi connectivity index (χ2n) is 9.44. The Morgan fingerprint density at radius 3 is 2.69 bits per heavy atom. The van der Waals surface area contributed by atoms with Crippen LogP contribution in [0, 0.1) is 12.8 Å². The highest BCUT2D eigenvalue weighted by molar-refractivity contribution is 7.10. The third kappa shape index (κ3) is 6.11. The van der Waals surface area contributed by atoms with Crippen LogP contribution in [0.3, 0.4) is 0 Å². The van der Waals surface area contributed by atoms with Crippen molar-refractivity contribution in [2.45, 2.75) is 39.7 Å². The second-order valence-corrected chi connectivity index (χ2v) is 10.8. The van der Waals surface area contributed by atoms with Crippen molar-refractivity contribution in [1.29, 1.82) is 0 Å². The maximum Gasteiger partial charge on any atom is 0.254 e. The third-order valence-corrected chi connectivity index (χ3v) is 8.24. The van der Waals surface area contributed by atoms with Gasteiger partial charge in [0, 0.05) is 28.6 Å². The van der Waals surface area contributed by atoms with Crippen molar-refractivity contribution in [3.8, 4) is 5.75 Å². The molecule has 3 aromatic rings. The fourth-order valence-electron chi connectivity index (χ4n) is 4.50. The van der Waals surface area contributed by atoms with Crippen molar-refractivity contribution in [3.63, 3.8) is 0 Å². The number of fused-ring (bicyclic) bond motifs is 1. The van der Waals surface area contributed by atoms with Gasteiger partial charge in [0.05, 0.1) is 6.04 Å². The molecular weight excluding hydrogens is 492 g/mol. The molecule has 0 fully saturated rings. The molecule has 1 aromatic heterocycles. The van der Waals surface area contributed by atoms with Crippen LogP contribution in [0.25, 0.3) is 0 Å². The first-order valence-electron chi connectivity index (χ1n) is 12.5. The standard InChI is InChI=1S/C29H33ClN2O3S/c1-4-20(2)17-31(29(34)22-8-6-5-7-9-22)18-28(33)32-14-12-27-24(13-15-36-27)26(32)19-35-23-10-11-25(30)21(3)16-23/h5-11,13,15-16,20,26H,4,12,14,17-19H2,1-3H3/t20-,26-/m0/s1. The van der Waals surface area contributed by atoms with Crippen LogP contribution in [-0.2, 0) is 11.2 Å². The van der Waals surface area contributed by atoms with Gasteiger partial charge in [0.15, 0.2) is 0 Å². The number of halogens is 1. The Bertz CT molecular complexity index is 1200. The number of carbonyl (C=O) groups excluding carboxylic acids is 2. The lowest BCUT2D eigenvalue weighted by atomic mass is 10.00. The fraction of sp³-hybridized carbons (Fsp3) is 0.379. The Hall–Kier alpha value is -2.83. The third-order valence-electron chi connectivity index (χ3n) is 6.82. The van der Waals surface area contributed by atoms with Gasteiger partial charge in [-0.25, -0.2) is 0 Å². The van der Waals surface area contributed by atoms with Crippen LogP contribution in [0.15, 0.2) is 60.0 Å². The minimum absolute atomic E-state index is 0.0497. The number of ether oxygens (including phenoxy) is 1. The lowest BCUT2D eigenvalue weighted by Gasteiger charge is -2.37. The predicted molar refractivity (Wildman–Crippen MR) is 146 cm³/mol. The Labute approximate surface area is 222 Å². The summed E-state index contributed by atoms with van der Waals surface area (Å²) in [5.41, 5.74) is 2.68. The van der Waals surface area contributed by atoms with Crippen LogP contribution in [0.1, 0.15) is 52.7 Å². The average molecular weight is 525 g/mol. The van der Waals surface area contributed by atoms with Gasteiger partial charge >= 0.3 is 0 Å². The van der Waals surface area contributed by atoms with Crippen molar-refractivity contribution in [3.05, 3.63) is 86.6 Å². The topological polar surface area (TPSA) is 49.9 Å². The maximum absolute atomic E-state index is 13.7. The van der Waals surface area contributed by atoms with Crippen molar-refractivity contribution in [2.24, 2.45) is 5.92 Å². The summed E-state index contributed by atoms with van der Waals surface area (Å²) in [4.78, 5) is 32.0. The summed E-state index contributed by atoms with van der Waals surface area (Å²) in [6, 6.07) is 16.7. The molecule has 0 saturated heterocycles. The molecule has 7 heteroatoms. The number of hydrogen-bond donors (Lipinski definition) is 0. The molecule has 4 rings (SSSR count). The molecule has 0 aliphatic carbocycles. The van der Waals surface area contributed by atoms with E-state index in [1.165, 1.54) is 4.88 Å². The van der Waals surface area contributed by atoms with Gasteiger partial charge in [0.25, 0.3) is 5.91 Å². The molecule has 190 valence electrons. The van der Waals surface area contributed by atoms with Gasteiger partial charge in [-0.15, -0.1) is 11.3 Å². The van der Waals surface area contributed by atoms with Crippen LogP contribution in [0.2, 0.25) is 5.02 Å². The molecular formula is C29H33ClN2O3S. The van der Waals surface area contributed by atoms with E-state index >= 15 is 0 Å². The SMILES string of the molecule is CC[C@H](C)CN(CC(=O)N1CCc2sccc2[C@@H]1COc1ccc(Cl)c(C)c1)C(=O)c1ccccc1. The molecule has 2 amide bonds. The van der Waals surface area contributed by atoms with E-state index in [1.54, 1.807) is 28.4 Å². The number of rotatable bonds is 9. The molecule has 0 spiro atoms. The summed E-state index contributed by atoms with van der Waals surface area (Å²) in [6.07, 6.45) is 1.75. The van der Waals surface area contributed by atoms with Crippen LogP contribution in [-0.4, -0.2) is 47.9 Å². The normalized spacial score (nSPS) is 15.8. The number of nitrogens with zero attached hydrogens (tertiary/aromatic N) is 2. The van der Waals surface area contributed by atoms with Gasteiger partial charge in [-0.1, -0.05) is 50.1 Å². The van der Waals surface area contributed by atoms with Crippen molar-refractivity contribution < 1.29 is 14.3 Å². The zero-order chi connectivity index (χ0) is 25.7. The molecule has 0 N–H and O–H groups in total. The van der Waals surface area contributed by atoms with Gasteiger partial charge in [0.2, 0.25) is 5.91 Å². The molecule has 2 aromatic carbocycles. The van der Waals surface area contributed by atoms with Crippen LogP contribution in [0.5, 0.6) is 5.75 Å². The quantitative estimate of drug-likeness (QED) is 0.325. The summed E-state index contributed by atoms with van der Waals surface area (Å²) in [6.45, 7) is 7.70. The van der Waals surface area contributed by atoms with Crippen molar-refractivity contribution in [2.75, 3.05) is 26.2 Å². The summed E-state index contributed by atoms with van der Waals surface area (Å²) < 4.78 is 6.16. The number of carbonyl (C=O) groups is 2. The lowest BCUT2D eigenvalue weighted by molar-refractivity contribution is -0.135. The highest BCUT2D eigenvalue weighted by atomic mass is 35.5. The summed E-state index contributed by atoms with van der Waals surface area (Å²) in [5, 5.41) is 2.77. The van der Waals surface area contributed by atoms with E-state index in [9.17, 15) is 9.59 Å². The molecule has 2 heterocycles. The predicted octanol–water partition coefficient (Wildman–Crippen LogP) is 6.40. The summed E-state index contributed by atoms with van der Waals surface area (Å²) in [7, 11) is 0. The molecule has 1 aliphatic rings. The number of amides is 2. The van der Waals surface area contributed by atoms with E-state index < -0.39 is 0 Å². The van der Waals surface area contributed by atoms with Gasteiger partial charge in [-0.2, -0.15) is 0 Å². The van der Waals surface area contributed by atoms with Gasteiger partial charge in [0.1, 0.15) is 18.9 Å². The second kappa shape index (κ2) is 11.9. The molecule has 0 bridgehead atoms. The molecule has 0 radical (unpaired) electrons. The van der Waals surface area contributed by atoms with Crippen molar-refractivity contribution >= 4 is 34.8 Å². The minimum Gasteiger partial charge on any atom is -0.491 e. The molecule has 36 heavy (non-hydrogen) atoms. The van der Waals surface area contributed by atoms with Crippen LogP contribution in [0.4, 0.5) is 0 Å². The fourth-order valence-corrected chi connectivity index (χ4v) is 5.54. The summed E-state index contributed by atoms with van der Waals surface area (Å²) >= 11 is 7.89. The van der Waals surface area contributed by atoms with E-state index in [0.717, 1.165) is 29.7 Å². The Kier molecular flexibility index (Phi) is 8.70. The number of aryl methyl sites for hydroxylation is 1. The molecule has 2 atom stereocenters. The monoisotopic (exact) mass is 524 g/mol. The molecule has 0 saturated carbocycles. The van der Waals surface area contributed by atoms with Gasteiger partial charge in [-0.05, 0) is 72.2 Å².